The number of rotatable bonds is 5. The number of allylic oxidation sites excluding steroid dienone is 1. The predicted molar refractivity (Wildman–Crippen MR) is 95.9 cm³/mol. The van der Waals surface area contributed by atoms with Gasteiger partial charge in [0.05, 0.1) is 13.2 Å². The van der Waals surface area contributed by atoms with E-state index in [0.29, 0.717) is 29.7 Å². The number of hydrogen-bond donors (Lipinski definition) is 1. The van der Waals surface area contributed by atoms with Gasteiger partial charge in [0.25, 0.3) is 0 Å². The summed E-state index contributed by atoms with van der Waals surface area (Å²) in [4.78, 5) is 0. The summed E-state index contributed by atoms with van der Waals surface area (Å²) in [6.07, 6.45) is 8.70. The fraction of sp³-hybridized carbons (Fsp3) is 0.619. The third-order valence-corrected chi connectivity index (χ3v) is 5.50. The van der Waals surface area contributed by atoms with Gasteiger partial charge in [0.2, 0.25) is 0 Å². The summed E-state index contributed by atoms with van der Waals surface area (Å²) in [6.45, 7) is 3.49. The zero-order valence-electron chi connectivity index (χ0n) is 15.0. The lowest BCUT2D eigenvalue weighted by molar-refractivity contribution is -0.222. The second-order valence-electron chi connectivity index (χ2n) is 7.26. The van der Waals surface area contributed by atoms with Crippen molar-refractivity contribution in [2.75, 3.05) is 19.8 Å². The topological polar surface area (TPSA) is 38.7 Å². The van der Waals surface area contributed by atoms with Gasteiger partial charge in [-0.3, -0.25) is 0 Å². The minimum Gasteiger partial charge on any atom is -0.396 e. The van der Waals surface area contributed by atoms with Gasteiger partial charge in [0.15, 0.2) is 6.29 Å². The molecule has 138 valence electrons. The van der Waals surface area contributed by atoms with E-state index in [9.17, 15) is 4.39 Å². The van der Waals surface area contributed by atoms with Crippen LogP contribution in [-0.2, 0) is 15.9 Å². The minimum absolute atomic E-state index is 0.0162. The molecule has 4 heteroatoms. The van der Waals surface area contributed by atoms with E-state index in [-0.39, 0.29) is 18.7 Å². The van der Waals surface area contributed by atoms with Gasteiger partial charge in [0.1, 0.15) is 5.82 Å². The highest BCUT2D eigenvalue weighted by atomic mass is 19.1. The van der Waals surface area contributed by atoms with E-state index in [1.165, 1.54) is 0 Å². The molecule has 1 aliphatic carbocycles. The lowest BCUT2D eigenvalue weighted by Gasteiger charge is -2.37. The first kappa shape index (κ1) is 18.6. The maximum absolute atomic E-state index is 14.1. The summed E-state index contributed by atoms with van der Waals surface area (Å²) in [5.74, 6) is 1.04. The Hall–Kier alpha value is -1.23. The zero-order valence-corrected chi connectivity index (χ0v) is 15.0. The van der Waals surface area contributed by atoms with Crippen LogP contribution in [0.1, 0.15) is 49.7 Å². The number of ether oxygens (including phenoxy) is 2. The van der Waals surface area contributed by atoms with Crippen molar-refractivity contribution in [2.24, 2.45) is 11.8 Å². The van der Waals surface area contributed by atoms with Crippen LogP contribution in [0.25, 0.3) is 0 Å². The summed E-state index contributed by atoms with van der Waals surface area (Å²) in [7, 11) is 0. The summed E-state index contributed by atoms with van der Waals surface area (Å²) in [6, 6.07) is 5.50. The van der Waals surface area contributed by atoms with Crippen molar-refractivity contribution in [1.29, 1.82) is 0 Å². The Morgan fingerprint density at radius 2 is 1.88 bits per heavy atom. The Morgan fingerprint density at radius 3 is 2.48 bits per heavy atom. The zero-order chi connectivity index (χ0) is 17.6. The lowest BCUT2D eigenvalue weighted by Crippen LogP contribution is -2.37. The molecule has 0 amide bonds. The fourth-order valence-electron chi connectivity index (χ4n) is 4.05. The molecule has 0 spiro atoms. The average Bonchev–Trinajstić information content (AvgIpc) is 2.65. The molecule has 1 N–H and O–H groups in total. The molecule has 3 nitrogen and oxygen atoms in total. The maximum Gasteiger partial charge on any atom is 0.160 e. The highest BCUT2D eigenvalue weighted by Crippen LogP contribution is 2.39. The number of halogens is 1. The Bertz CT molecular complexity index is 571. The van der Waals surface area contributed by atoms with Crippen LogP contribution in [0, 0.1) is 17.7 Å². The van der Waals surface area contributed by atoms with Crippen LogP contribution in [0.2, 0.25) is 0 Å². The van der Waals surface area contributed by atoms with E-state index in [1.807, 2.05) is 25.1 Å². The Labute approximate surface area is 149 Å². The Kier molecular flexibility index (Phi) is 6.63. The molecule has 0 atom stereocenters. The van der Waals surface area contributed by atoms with E-state index in [1.54, 1.807) is 6.07 Å². The largest absolute Gasteiger partial charge is 0.396 e. The molecule has 3 rings (SSSR count). The van der Waals surface area contributed by atoms with Crippen molar-refractivity contribution in [3.05, 3.63) is 47.3 Å². The van der Waals surface area contributed by atoms with Gasteiger partial charge in [-0.1, -0.05) is 24.3 Å². The monoisotopic (exact) mass is 348 g/mol. The molecule has 1 heterocycles. The van der Waals surface area contributed by atoms with Crippen LogP contribution in [0.5, 0.6) is 0 Å². The molecular weight excluding hydrogens is 319 g/mol. The number of benzene rings is 1. The van der Waals surface area contributed by atoms with Gasteiger partial charge in [-0.15, -0.1) is 0 Å². The van der Waals surface area contributed by atoms with Gasteiger partial charge in [-0.25, -0.2) is 4.39 Å². The Morgan fingerprint density at radius 1 is 1.16 bits per heavy atom. The Balaban J connectivity index is 1.51. The third-order valence-electron chi connectivity index (χ3n) is 5.50. The average molecular weight is 348 g/mol. The fourth-order valence-corrected chi connectivity index (χ4v) is 4.05. The van der Waals surface area contributed by atoms with Crippen LogP contribution in [-0.4, -0.2) is 31.2 Å². The van der Waals surface area contributed by atoms with Gasteiger partial charge in [-0.05, 0) is 62.1 Å². The van der Waals surface area contributed by atoms with E-state index in [0.717, 1.165) is 44.5 Å². The first-order chi connectivity index (χ1) is 12.2. The number of hydrogen-bond acceptors (Lipinski definition) is 3. The van der Waals surface area contributed by atoms with Gasteiger partial charge >= 0.3 is 0 Å². The van der Waals surface area contributed by atoms with E-state index in [2.05, 4.69) is 6.08 Å². The molecule has 1 aromatic rings. The molecule has 2 aliphatic rings. The molecule has 0 unspecified atom stereocenters. The van der Waals surface area contributed by atoms with Crippen LogP contribution >= 0.6 is 0 Å². The summed E-state index contributed by atoms with van der Waals surface area (Å²) in [5, 5.41) is 8.97. The lowest BCUT2D eigenvalue weighted by atomic mass is 9.78. The second kappa shape index (κ2) is 8.93. The SMILES string of the molecule is C/C=C/C1COC(C2CCC(c3ccc(CCO)c(F)c3)CC2)OC1. The summed E-state index contributed by atoms with van der Waals surface area (Å²) in [5.41, 5.74) is 1.68. The first-order valence-corrected chi connectivity index (χ1v) is 9.46. The van der Waals surface area contributed by atoms with Crippen molar-refractivity contribution in [3.8, 4) is 0 Å². The van der Waals surface area contributed by atoms with Crippen LogP contribution in [0.15, 0.2) is 30.4 Å². The molecule has 25 heavy (non-hydrogen) atoms. The molecule has 1 aliphatic heterocycles. The molecule has 1 saturated heterocycles. The number of aliphatic hydroxyl groups excluding tert-OH is 1. The molecule has 0 bridgehead atoms. The van der Waals surface area contributed by atoms with Crippen molar-refractivity contribution < 1.29 is 19.0 Å². The van der Waals surface area contributed by atoms with E-state index >= 15 is 0 Å². The van der Waals surface area contributed by atoms with E-state index in [4.69, 9.17) is 14.6 Å². The normalized spacial score (nSPS) is 30.7. The third kappa shape index (κ3) is 4.69. The standard InChI is InChI=1S/C21H29FO3/c1-2-3-15-13-24-21(25-14-15)18-7-4-16(5-8-18)19-9-6-17(10-11-23)20(22)12-19/h2-3,6,9,12,15-16,18,21,23H,4-5,7-8,10-11,13-14H2,1H3/b3-2+. The molecule has 2 fully saturated rings. The molecule has 1 aromatic carbocycles. The molecule has 0 aromatic heterocycles. The van der Waals surface area contributed by atoms with Crippen molar-refractivity contribution in [2.45, 2.75) is 51.2 Å². The maximum atomic E-state index is 14.1. The van der Waals surface area contributed by atoms with Crippen molar-refractivity contribution in [1.82, 2.24) is 0 Å². The first-order valence-electron chi connectivity index (χ1n) is 9.46. The molecular formula is C21H29FO3. The highest BCUT2D eigenvalue weighted by molar-refractivity contribution is 5.27. The predicted octanol–water partition coefficient (Wildman–Crippen LogP) is 4.20. The number of aliphatic hydroxyl groups is 1. The second-order valence-corrected chi connectivity index (χ2v) is 7.26. The van der Waals surface area contributed by atoms with Gasteiger partial charge in [0, 0.05) is 18.4 Å². The highest BCUT2D eigenvalue weighted by Gasteiger charge is 2.32. The van der Waals surface area contributed by atoms with E-state index < -0.39 is 0 Å². The van der Waals surface area contributed by atoms with Crippen LogP contribution < -0.4 is 0 Å². The molecule has 1 saturated carbocycles. The van der Waals surface area contributed by atoms with Gasteiger partial charge in [-0.2, -0.15) is 0 Å². The van der Waals surface area contributed by atoms with Crippen LogP contribution in [0.4, 0.5) is 4.39 Å². The molecule has 0 radical (unpaired) electrons. The quantitative estimate of drug-likeness (QED) is 0.811. The van der Waals surface area contributed by atoms with Crippen molar-refractivity contribution >= 4 is 0 Å². The van der Waals surface area contributed by atoms with Crippen molar-refractivity contribution in [3.63, 3.8) is 0 Å². The summed E-state index contributed by atoms with van der Waals surface area (Å²) >= 11 is 0. The summed E-state index contributed by atoms with van der Waals surface area (Å²) < 4.78 is 26.0. The minimum atomic E-state index is -0.192. The van der Waals surface area contributed by atoms with Gasteiger partial charge < -0.3 is 14.6 Å². The smallest absolute Gasteiger partial charge is 0.160 e. The van der Waals surface area contributed by atoms with Crippen LogP contribution in [0.3, 0.4) is 0 Å².